The Labute approximate surface area is 299 Å². The minimum absolute atomic E-state index is 0. The highest BCUT2D eigenvalue weighted by Gasteiger charge is 2.70. The van der Waals surface area contributed by atoms with Crippen molar-refractivity contribution in [1.82, 2.24) is 26.2 Å². The molecule has 13 heteroatoms. The van der Waals surface area contributed by atoms with E-state index in [1.54, 1.807) is 4.90 Å². The summed E-state index contributed by atoms with van der Waals surface area (Å²) in [6, 6.07) is -3.40. The predicted molar refractivity (Wildman–Crippen MR) is 193 cm³/mol. The van der Waals surface area contributed by atoms with Gasteiger partial charge in [0.1, 0.15) is 12.1 Å². The van der Waals surface area contributed by atoms with Gasteiger partial charge < -0.3 is 26.2 Å². The van der Waals surface area contributed by atoms with Gasteiger partial charge in [-0.2, -0.15) is 0 Å². The number of fused-ring (bicyclic) bond motifs is 1. The van der Waals surface area contributed by atoms with Gasteiger partial charge in [0.15, 0.2) is 9.84 Å². The number of piperidine rings is 1. The molecule has 5 aliphatic rings. The summed E-state index contributed by atoms with van der Waals surface area (Å²) < 4.78 is 26.5. The van der Waals surface area contributed by atoms with Crippen LogP contribution in [0.2, 0.25) is 0 Å². The van der Waals surface area contributed by atoms with Crippen molar-refractivity contribution in [1.29, 1.82) is 0 Å². The van der Waals surface area contributed by atoms with Crippen molar-refractivity contribution in [3.05, 3.63) is 0 Å². The lowest BCUT2D eigenvalue weighted by atomic mass is 9.77. The number of carbonyl (C=O) groups excluding carboxylic acids is 5. The van der Waals surface area contributed by atoms with Crippen LogP contribution in [0.5, 0.6) is 0 Å². The first kappa shape index (κ1) is 40.1. The normalized spacial score (nSPS) is 28.9. The summed E-state index contributed by atoms with van der Waals surface area (Å²) in [6.07, 6.45) is 8.65. The molecule has 3 aliphatic carbocycles. The van der Waals surface area contributed by atoms with E-state index in [4.69, 9.17) is 0 Å². The van der Waals surface area contributed by atoms with E-state index in [1.165, 1.54) is 0 Å². The monoisotopic (exact) mass is 721 g/mol. The SMILES string of the molecule is C.CCCNC(=O)C(=O)[C@H](CC1CC1)NC(=O)[C@@H]1[C@@H]2[C@H](CN1C(=O)[C@@H](NC(=O)NC1([C@H]3CCCCS3(=O)=O)CCCCC1)C(C)(C)C)C2(C)C. The van der Waals surface area contributed by atoms with E-state index in [9.17, 15) is 32.4 Å². The largest absolute Gasteiger partial charge is 0.349 e. The zero-order valence-corrected chi connectivity index (χ0v) is 31.2. The molecule has 0 unspecified atom stereocenters. The van der Waals surface area contributed by atoms with E-state index in [0.29, 0.717) is 51.6 Å². The highest BCUT2D eigenvalue weighted by atomic mass is 32.2. The molecule has 4 N–H and O–H groups in total. The summed E-state index contributed by atoms with van der Waals surface area (Å²) in [5.74, 6) is -1.88. The van der Waals surface area contributed by atoms with Crippen molar-refractivity contribution >= 4 is 39.4 Å². The molecule has 5 amide bonds. The first-order chi connectivity index (χ1) is 22.9. The van der Waals surface area contributed by atoms with Crippen LogP contribution in [-0.4, -0.2) is 90.6 Å². The number of sulfone groups is 1. The maximum Gasteiger partial charge on any atom is 0.315 e. The third-order valence-electron chi connectivity index (χ3n) is 12.1. The highest BCUT2D eigenvalue weighted by Crippen LogP contribution is 2.65. The average molecular weight is 722 g/mol. The number of nitrogens with zero attached hydrogens (tertiary/aromatic N) is 1. The smallest absolute Gasteiger partial charge is 0.315 e. The number of Topliss-reactive ketones (excluding diaryl/α,β-unsaturated/α-hetero) is 1. The number of nitrogens with one attached hydrogen (secondary N) is 4. The maximum absolute atomic E-state index is 14.5. The lowest BCUT2D eigenvalue weighted by molar-refractivity contribution is -0.145. The predicted octanol–water partition coefficient (Wildman–Crippen LogP) is 3.87. The van der Waals surface area contributed by atoms with Gasteiger partial charge in [-0.15, -0.1) is 0 Å². The van der Waals surface area contributed by atoms with Crippen LogP contribution >= 0.6 is 0 Å². The van der Waals surface area contributed by atoms with E-state index >= 15 is 0 Å². The van der Waals surface area contributed by atoms with Crippen molar-refractivity contribution in [3.63, 3.8) is 0 Å². The molecular formula is C37H63N5O7S. The Morgan fingerprint density at radius 1 is 0.920 bits per heavy atom. The Bertz CT molecular complexity index is 1410. The van der Waals surface area contributed by atoms with E-state index in [-0.39, 0.29) is 42.3 Å². The molecule has 12 nitrogen and oxygen atoms in total. The van der Waals surface area contributed by atoms with Crippen molar-refractivity contribution in [3.8, 4) is 0 Å². The lowest BCUT2D eigenvalue weighted by Crippen LogP contribution is -2.66. The number of hydrogen-bond acceptors (Lipinski definition) is 7. The van der Waals surface area contributed by atoms with E-state index in [0.717, 1.165) is 38.5 Å². The van der Waals surface area contributed by atoms with Gasteiger partial charge in [0.25, 0.3) is 5.91 Å². The Kier molecular flexibility index (Phi) is 12.1. The second kappa shape index (κ2) is 15.1. The number of amides is 5. The van der Waals surface area contributed by atoms with Crippen LogP contribution in [0.25, 0.3) is 0 Å². The first-order valence-electron chi connectivity index (χ1n) is 18.7. The van der Waals surface area contributed by atoms with E-state index in [2.05, 4.69) is 35.1 Å². The summed E-state index contributed by atoms with van der Waals surface area (Å²) in [4.78, 5) is 69.9. The molecular weight excluding hydrogens is 659 g/mol. The Morgan fingerprint density at radius 3 is 2.16 bits per heavy atom. The van der Waals surface area contributed by atoms with Crippen molar-refractivity contribution in [2.75, 3.05) is 18.8 Å². The zero-order chi connectivity index (χ0) is 35.9. The fourth-order valence-electron chi connectivity index (χ4n) is 8.97. The number of rotatable bonds is 12. The molecule has 284 valence electrons. The topological polar surface area (TPSA) is 171 Å². The quantitative estimate of drug-likeness (QED) is 0.222. The average Bonchev–Trinajstić information content (AvgIpc) is 3.88. The fourth-order valence-corrected chi connectivity index (χ4v) is 11.4. The van der Waals surface area contributed by atoms with Crippen LogP contribution < -0.4 is 21.3 Å². The van der Waals surface area contributed by atoms with Crippen LogP contribution in [0.3, 0.4) is 0 Å². The number of ketones is 1. The molecule has 3 saturated carbocycles. The summed E-state index contributed by atoms with van der Waals surface area (Å²) in [6.45, 7) is 12.3. The number of carbonyl (C=O) groups is 5. The van der Waals surface area contributed by atoms with Crippen molar-refractivity contribution in [2.45, 2.75) is 155 Å². The van der Waals surface area contributed by atoms with Gasteiger partial charge in [0, 0.05) is 13.1 Å². The summed E-state index contributed by atoms with van der Waals surface area (Å²) in [5.41, 5.74) is -1.81. The second-order valence-electron chi connectivity index (χ2n) is 17.2. The molecule has 0 aromatic rings. The van der Waals surface area contributed by atoms with Crippen LogP contribution in [0, 0.1) is 28.6 Å². The fraction of sp³-hybridized carbons (Fsp3) is 0.865. The van der Waals surface area contributed by atoms with Gasteiger partial charge in [0.2, 0.25) is 17.6 Å². The Morgan fingerprint density at radius 2 is 1.58 bits per heavy atom. The second-order valence-corrected chi connectivity index (χ2v) is 19.5. The molecule has 0 radical (unpaired) electrons. The van der Waals surface area contributed by atoms with Crippen LogP contribution in [0.1, 0.15) is 126 Å². The van der Waals surface area contributed by atoms with Crippen LogP contribution in [0.15, 0.2) is 0 Å². The molecule has 50 heavy (non-hydrogen) atoms. The van der Waals surface area contributed by atoms with Crippen LogP contribution in [0.4, 0.5) is 4.79 Å². The molecule has 0 bridgehead atoms. The standard InChI is InChI=1S/C36H59N5O7S.CH4/c1-7-18-37-31(44)28(42)24(20-22-14-15-22)38-30(43)27-26-23(35(26,5)6)21-41(27)32(45)29(34(2,3)4)39-33(46)40-36(16-10-8-11-17-36)25-13-9-12-19-49(25,47)48;/h22-27,29H,7-21H2,1-6H3,(H,37,44)(H,38,43)(H2,39,40,46);1H4/t23-,24-,25+,26-,27-,29+;/m0./s1. The Balaban J connectivity index is 0.00000562. The van der Waals surface area contributed by atoms with E-state index in [1.807, 2.05) is 27.7 Å². The molecule has 5 rings (SSSR count). The van der Waals surface area contributed by atoms with Gasteiger partial charge in [-0.1, -0.05) is 87.5 Å². The molecule has 2 saturated heterocycles. The first-order valence-corrected chi connectivity index (χ1v) is 20.4. The summed E-state index contributed by atoms with van der Waals surface area (Å²) in [5, 5.41) is 10.9. The summed E-state index contributed by atoms with van der Waals surface area (Å²) >= 11 is 0. The molecule has 5 fully saturated rings. The molecule has 0 aromatic carbocycles. The maximum atomic E-state index is 14.5. The van der Waals surface area contributed by atoms with Crippen molar-refractivity contribution in [2.24, 2.45) is 28.6 Å². The minimum atomic E-state index is -3.38. The molecule has 2 heterocycles. The van der Waals surface area contributed by atoms with Gasteiger partial charge in [-0.3, -0.25) is 19.2 Å². The van der Waals surface area contributed by atoms with Gasteiger partial charge >= 0.3 is 6.03 Å². The number of hydrogen-bond donors (Lipinski definition) is 4. The van der Waals surface area contributed by atoms with Gasteiger partial charge in [-0.25, -0.2) is 13.2 Å². The lowest BCUT2D eigenvalue weighted by Gasteiger charge is -2.45. The molecule has 2 aliphatic heterocycles. The minimum Gasteiger partial charge on any atom is -0.349 e. The molecule has 6 atom stereocenters. The number of likely N-dealkylation sites (tertiary alicyclic amines) is 1. The van der Waals surface area contributed by atoms with Crippen molar-refractivity contribution < 1.29 is 32.4 Å². The third-order valence-corrected chi connectivity index (χ3v) is 14.5. The zero-order valence-electron chi connectivity index (χ0n) is 30.4. The molecule has 0 spiro atoms. The number of urea groups is 1. The molecule has 0 aromatic heterocycles. The van der Waals surface area contributed by atoms with Gasteiger partial charge in [-0.05, 0) is 67.1 Å². The van der Waals surface area contributed by atoms with Crippen LogP contribution in [-0.2, 0) is 29.0 Å². The van der Waals surface area contributed by atoms with E-state index < -0.39 is 67.8 Å². The summed E-state index contributed by atoms with van der Waals surface area (Å²) in [7, 11) is -3.38. The van der Waals surface area contributed by atoms with Gasteiger partial charge in [0.05, 0.1) is 22.6 Å². The Hall–Kier alpha value is -2.70. The highest BCUT2D eigenvalue weighted by molar-refractivity contribution is 7.92. The third kappa shape index (κ3) is 8.33.